The number of hydrogen-bond acceptors (Lipinski definition) is 9. The lowest BCUT2D eigenvalue weighted by Crippen LogP contribution is -2.36. The molecule has 0 bridgehead atoms. The monoisotopic (exact) mass is 700 g/mol. The zero-order valence-electron chi connectivity index (χ0n) is 27.0. The molecule has 0 spiro atoms. The highest BCUT2D eigenvalue weighted by Gasteiger charge is 2.48. The molecular weight excluding hydrogens is 653 g/mol. The Morgan fingerprint density at radius 1 is 1.13 bits per heavy atom. The van der Waals surface area contributed by atoms with Crippen molar-refractivity contribution >= 4 is 26.6 Å². The van der Waals surface area contributed by atoms with Gasteiger partial charge in [0, 0.05) is 32.2 Å². The molecule has 11 nitrogen and oxygen atoms in total. The van der Waals surface area contributed by atoms with Gasteiger partial charge in [0.1, 0.15) is 5.75 Å². The van der Waals surface area contributed by atoms with Crippen LogP contribution in [-0.4, -0.2) is 84.4 Å². The van der Waals surface area contributed by atoms with Crippen molar-refractivity contribution in [2.24, 2.45) is 11.3 Å². The lowest BCUT2D eigenvalue weighted by atomic mass is 9.87. The zero-order valence-corrected chi connectivity index (χ0v) is 28.6. The van der Waals surface area contributed by atoms with Crippen molar-refractivity contribution in [3.05, 3.63) is 66.1 Å². The molecule has 46 heavy (non-hydrogen) atoms. The van der Waals surface area contributed by atoms with E-state index >= 15 is 0 Å². The molecule has 0 atom stereocenters. The van der Waals surface area contributed by atoms with Crippen LogP contribution in [0.2, 0.25) is 0 Å². The van der Waals surface area contributed by atoms with E-state index in [1.807, 2.05) is 13.8 Å². The van der Waals surface area contributed by atoms with Crippen molar-refractivity contribution in [3.63, 3.8) is 0 Å². The maximum atomic E-state index is 12.5. The van der Waals surface area contributed by atoms with Crippen molar-refractivity contribution in [1.29, 1.82) is 0 Å². The average Bonchev–Trinajstić information content (AvgIpc) is 3.53. The highest BCUT2D eigenvalue weighted by molar-refractivity contribution is 7.93. The maximum absolute atomic E-state index is 12.5. The molecule has 2 saturated heterocycles. The number of carbonyl (C=O) groups excluding carboxylic acids is 1. The van der Waals surface area contributed by atoms with Crippen LogP contribution in [0.25, 0.3) is 0 Å². The minimum absolute atomic E-state index is 0.123. The Labute approximate surface area is 271 Å². The summed E-state index contributed by atoms with van der Waals surface area (Å²) >= 11 is 0. The average molecular weight is 701 g/mol. The third-order valence-corrected chi connectivity index (χ3v) is 9.35. The first-order valence-corrected chi connectivity index (χ1v) is 17.2. The number of sulfonamides is 1. The Bertz CT molecular complexity index is 1310. The van der Waals surface area contributed by atoms with Gasteiger partial charge in [-0.1, -0.05) is 57.7 Å². The second-order valence-electron chi connectivity index (χ2n) is 10.7. The number of benzene rings is 1. The van der Waals surface area contributed by atoms with Gasteiger partial charge in [0.2, 0.25) is 16.4 Å². The molecule has 1 amide bonds. The van der Waals surface area contributed by atoms with Gasteiger partial charge in [0.25, 0.3) is 0 Å². The standard InChI is InChI=1S/C14H24N2O3S.C8H7F3O3S.C7H12O2.CH4O/c1-5-8-14(6-2)20(18,19)16(11-13(3)4)10-7-9-15-12-17;1-6-2-4-7(5-3-6)14-15(12,13)8(9,10)11;1-7-2-4-8-6(7)9-5-3-7;1-2/h5-6,8,12-13H,1-2,7,9-11H2,3-4H3,(H,15,17);2-5H,1H3;6H,2-5H2,1H3;2H,1H3/b14-8+;;;. The van der Waals surface area contributed by atoms with Crippen LogP contribution in [0.4, 0.5) is 13.2 Å². The summed E-state index contributed by atoms with van der Waals surface area (Å²) in [6, 6.07) is 5.19. The fraction of sp³-hybridized carbons (Fsp3) is 0.567. The van der Waals surface area contributed by atoms with E-state index in [1.165, 1.54) is 47.5 Å². The van der Waals surface area contributed by atoms with E-state index in [0.717, 1.165) is 38.0 Å². The van der Waals surface area contributed by atoms with Crippen LogP contribution in [0.1, 0.15) is 45.6 Å². The number of ether oxygens (including phenoxy) is 2. The van der Waals surface area contributed by atoms with E-state index in [4.69, 9.17) is 14.6 Å². The first-order chi connectivity index (χ1) is 21.4. The largest absolute Gasteiger partial charge is 0.534 e. The van der Waals surface area contributed by atoms with Crippen LogP contribution >= 0.6 is 0 Å². The Kier molecular flexibility index (Phi) is 19.2. The number of rotatable bonds is 13. The SMILES string of the molecule is C=C/C=C(\C=C)S(=O)(=O)N(CCCNC=O)CC(C)C.CC12CCOC1OCC2.CO.Cc1ccc(OS(=O)(=O)C(F)(F)F)cc1. The van der Waals surface area contributed by atoms with Gasteiger partial charge >= 0.3 is 15.6 Å². The molecule has 0 radical (unpaired) electrons. The van der Waals surface area contributed by atoms with Crippen molar-refractivity contribution in [2.75, 3.05) is 40.0 Å². The van der Waals surface area contributed by atoms with Gasteiger partial charge in [-0.25, -0.2) is 8.42 Å². The van der Waals surface area contributed by atoms with E-state index in [1.54, 1.807) is 6.92 Å². The van der Waals surface area contributed by atoms with Crippen molar-refractivity contribution in [3.8, 4) is 5.75 Å². The van der Waals surface area contributed by atoms with Crippen LogP contribution in [0.15, 0.2) is 60.6 Å². The molecule has 3 rings (SSSR count). The number of alkyl halides is 3. The predicted molar refractivity (Wildman–Crippen MR) is 170 cm³/mol. The Hall–Kier alpha value is -2.76. The van der Waals surface area contributed by atoms with Gasteiger partial charge in [0.05, 0.1) is 18.1 Å². The summed E-state index contributed by atoms with van der Waals surface area (Å²) in [5.74, 6) is -0.156. The smallest absolute Gasteiger partial charge is 0.400 e. The highest BCUT2D eigenvalue weighted by atomic mass is 32.2. The number of carbonyl (C=O) groups is 1. The lowest BCUT2D eigenvalue weighted by Gasteiger charge is -2.24. The van der Waals surface area contributed by atoms with Crippen LogP contribution in [0, 0.1) is 18.3 Å². The van der Waals surface area contributed by atoms with Gasteiger partial charge < -0.3 is 24.1 Å². The molecule has 0 aromatic heterocycles. The van der Waals surface area contributed by atoms with E-state index in [0.29, 0.717) is 37.9 Å². The third kappa shape index (κ3) is 14.3. The molecular formula is C30H47F3N2O9S2. The Morgan fingerprint density at radius 3 is 2.09 bits per heavy atom. The fourth-order valence-corrected chi connectivity index (χ4v) is 6.13. The minimum Gasteiger partial charge on any atom is -0.400 e. The first-order valence-electron chi connectivity index (χ1n) is 14.3. The number of nitrogens with zero attached hydrogens (tertiary/aromatic N) is 1. The van der Waals surface area contributed by atoms with Gasteiger partial charge in [-0.2, -0.15) is 25.9 Å². The van der Waals surface area contributed by atoms with Crippen LogP contribution in [0.5, 0.6) is 5.75 Å². The molecule has 1 aromatic rings. The summed E-state index contributed by atoms with van der Waals surface area (Å²) in [6.07, 6.45) is 7.81. The predicted octanol–water partition coefficient (Wildman–Crippen LogP) is 4.66. The summed E-state index contributed by atoms with van der Waals surface area (Å²) < 4.78 is 97.8. The number of aliphatic hydroxyl groups excluding tert-OH is 1. The summed E-state index contributed by atoms with van der Waals surface area (Å²) in [5.41, 5.74) is -4.26. The quantitative estimate of drug-likeness (QED) is 0.0986. The number of aliphatic hydroxyl groups is 1. The molecule has 16 heteroatoms. The normalized spacial score (nSPS) is 19.4. The first kappa shape index (κ1) is 43.2. The van der Waals surface area contributed by atoms with Crippen molar-refractivity contribution in [1.82, 2.24) is 9.62 Å². The minimum atomic E-state index is -5.56. The fourth-order valence-electron chi connectivity index (χ4n) is 4.03. The molecule has 0 aliphatic carbocycles. The number of hydrogen-bond donors (Lipinski definition) is 2. The summed E-state index contributed by atoms with van der Waals surface area (Å²) in [5, 5.41) is 9.52. The number of fused-ring (bicyclic) bond motifs is 1. The number of nitrogens with one attached hydrogen (secondary N) is 1. The Balaban J connectivity index is 0.000000678. The molecule has 264 valence electrons. The zero-order chi connectivity index (χ0) is 35.6. The Morgan fingerprint density at radius 2 is 1.67 bits per heavy atom. The van der Waals surface area contributed by atoms with Crippen LogP contribution in [-0.2, 0) is 34.4 Å². The number of amides is 1. The molecule has 1 aromatic carbocycles. The van der Waals surface area contributed by atoms with Gasteiger partial charge in [-0.15, -0.1) is 0 Å². The summed E-state index contributed by atoms with van der Waals surface area (Å²) in [7, 11) is -8.13. The molecule has 2 aliphatic rings. The van der Waals surface area contributed by atoms with Gasteiger partial charge in [-0.3, -0.25) is 4.79 Å². The van der Waals surface area contributed by atoms with Crippen molar-refractivity contribution in [2.45, 2.75) is 58.8 Å². The van der Waals surface area contributed by atoms with Crippen LogP contribution in [0.3, 0.4) is 0 Å². The second kappa shape index (κ2) is 20.5. The van der Waals surface area contributed by atoms with Crippen molar-refractivity contribution < 1.29 is 53.6 Å². The number of aryl methyl sites for hydroxylation is 1. The molecule has 2 heterocycles. The molecule has 2 N–H and O–H groups in total. The third-order valence-electron chi connectivity index (χ3n) is 6.47. The topological polar surface area (TPSA) is 149 Å². The van der Waals surface area contributed by atoms with E-state index in [9.17, 15) is 34.8 Å². The molecule has 2 fully saturated rings. The van der Waals surface area contributed by atoms with Crippen LogP contribution < -0.4 is 9.50 Å². The summed E-state index contributed by atoms with van der Waals surface area (Å²) in [6.45, 7) is 17.9. The maximum Gasteiger partial charge on any atom is 0.534 e. The molecule has 2 aliphatic heterocycles. The highest BCUT2D eigenvalue weighted by Crippen LogP contribution is 2.42. The molecule has 0 saturated carbocycles. The van der Waals surface area contributed by atoms with E-state index in [-0.39, 0.29) is 22.9 Å². The number of halogens is 3. The lowest BCUT2D eigenvalue weighted by molar-refractivity contribution is -0.109. The van der Waals surface area contributed by atoms with Gasteiger partial charge in [0.15, 0.2) is 6.29 Å². The van der Waals surface area contributed by atoms with E-state index in [2.05, 4.69) is 29.6 Å². The van der Waals surface area contributed by atoms with E-state index < -0.39 is 25.6 Å². The summed E-state index contributed by atoms with van der Waals surface area (Å²) in [4.78, 5) is 10.3. The second-order valence-corrected chi connectivity index (χ2v) is 14.2. The number of allylic oxidation sites excluding steroid dienone is 3. The molecule has 0 unspecified atom stereocenters. The van der Waals surface area contributed by atoms with Gasteiger partial charge in [-0.05, 0) is 56.4 Å².